The number of nitrogens with one attached hydrogen (secondary N) is 1. The van der Waals surface area contributed by atoms with E-state index in [9.17, 15) is 9.90 Å². The van der Waals surface area contributed by atoms with E-state index in [0.717, 1.165) is 29.2 Å². The molecule has 0 aromatic heterocycles. The molecule has 0 fully saturated rings. The largest absolute Gasteiger partial charge is 0.544 e. The Morgan fingerprint density at radius 3 is 2.35 bits per heavy atom. The van der Waals surface area contributed by atoms with Crippen molar-refractivity contribution in [3.05, 3.63) is 65.7 Å². The van der Waals surface area contributed by atoms with Gasteiger partial charge in [-0.15, -0.1) is 0 Å². The molecular formula is C19H23NO3. The lowest BCUT2D eigenvalue weighted by Crippen LogP contribution is -3.12. The molecule has 0 radical (unpaired) electrons. The molecule has 2 aromatic rings. The van der Waals surface area contributed by atoms with Gasteiger partial charge in [-0.25, -0.2) is 0 Å². The van der Waals surface area contributed by atoms with Gasteiger partial charge in [0.05, 0.1) is 19.1 Å². The van der Waals surface area contributed by atoms with Crippen LogP contribution in [0.25, 0.3) is 0 Å². The van der Waals surface area contributed by atoms with Gasteiger partial charge in [-0.05, 0) is 36.8 Å². The number of carboxylic acid groups (broad SMARTS) is 1. The van der Waals surface area contributed by atoms with Gasteiger partial charge < -0.3 is 19.5 Å². The van der Waals surface area contributed by atoms with E-state index in [2.05, 4.69) is 12.1 Å². The van der Waals surface area contributed by atoms with Crippen molar-refractivity contribution in [2.45, 2.75) is 19.9 Å². The monoisotopic (exact) mass is 313 g/mol. The number of carbonyl (C=O) groups is 1. The molecule has 0 heterocycles. The van der Waals surface area contributed by atoms with Crippen LogP contribution in [0.1, 0.15) is 18.1 Å². The summed E-state index contributed by atoms with van der Waals surface area (Å²) < 4.78 is 5.42. The van der Waals surface area contributed by atoms with Crippen molar-refractivity contribution in [3.8, 4) is 5.75 Å². The lowest BCUT2D eigenvalue weighted by molar-refractivity contribution is -0.908. The van der Waals surface area contributed by atoms with Gasteiger partial charge in [-0.3, -0.25) is 0 Å². The quantitative estimate of drug-likeness (QED) is 0.732. The fourth-order valence-corrected chi connectivity index (χ4v) is 2.57. The summed E-state index contributed by atoms with van der Waals surface area (Å²) in [7, 11) is 0. The summed E-state index contributed by atoms with van der Waals surface area (Å²) in [4.78, 5) is 12.0. The molecule has 0 spiro atoms. The lowest BCUT2D eigenvalue weighted by Gasteiger charge is -2.20. The molecule has 1 unspecified atom stereocenters. The molecule has 0 aliphatic carbocycles. The lowest BCUT2D eigenvalue weighted by atomic mass is 10.1. The molecule has 0 saturated carbocycles. The van der Waals surface area contributed by atoms with E-state index < -0.39 is 5.97 Å². The molecule has 0 amide bonds. The molecule has 1 atom stereocenters. The highest BCUT2D eigenvalue weighted by Gasteiger charge is 2.10. The van der Waals surface area contributed by atoms with Crippen LogP contribution in [0.5, 0.6) is 5.75 Å². The highest BCUT2D eigenvalue weighted by Crippen LogP contribution is 2.11. The highest BCUT2D eigenvalue weighted by atomic mass is 16.5. The van der Waals surface area contributed by atoms with Crippen LogP contribution in [0.2, 0.25) is 0 Å². The Hall–Kier alpha value is -2.33. The van der Waals surface area contributed by atoms with Crippen LogP contribution in [0, 0.1) is 0 Å². The van der Waals surface area contributed by atoms with Gasteiger partial charge in [-0.2, -0.15) is 0 Å². The summed E-state index contributed by atoms with van der Waals surface area (Å²) >= 11 is 0. The SMILES string of the molecule is CCOc1ccc(C[NH+](CCc2ccccc2)CC(=O)[O-])cc1. The summed E-state index contributed by atoms with van der Waals surface area (Å²) in [5, 5.41) is 11.0. The molecule has 0 saturated heterocycles. The summed E-state index contributed by atoms with van der Waals surface area (Å²) in [5.41, 5.74) is 2.31. The van der Waals surface area contributed by atoms with Crippen LogP contribution in [-0.4, -0.2) is 25.7 Å². The minimum Gasteiger partial charge on any atom is -0.544 e. The molecule has 0 aliphatic rings. The van der Waals surface area contributed by atoms with E-state index in [1.165, 1.54) is 5.56 Å². The van der Waals surface area contributed by atoms with Crippen molar-refractivity contribution in [3.63, 3.8) is 0 Å². The number of rotatable bonds is 9. The summed E-state index contributed by atoms with van der Waals surface area (Å²) in [6, 6.07) is 17.9. The standard InChI is InChI=1S/C19H23NO3/c1-2-23-18-10-8-17(9-11-18)14-20(15-19(21)22)13-12-16-6-4-3-5-7-16/h3-11H,2,12-15H2,1H3,(H,21,22). The van der Waals surface area contributed by atoms with Gasteiger partial charge in [0.2, 0.25) is 0 Å². The average Bonchev–Trinajstić information content (AvgIpc) is 2.55. The molecule has 2 rings (SSSR count). The smallest absolute Gasteiger partial charge is 0.119 e. The van der Waals surface area contributed by atoms with E-state index >= 15 is 0 Å². The molecule has 0 aliphatic heterocycles. The fraction of sp³-hybridized carbons (Fsp3) is 0.316. The number of carbonyl (C=O) groups excluding carboxylic acids is 1. The van der Waals surface area contributed by atoms with Crippen LogP contribution < -0.4 is 14.7 Å². The Morgan fingerprint density at radius 2 is 1.74 bits per heavy atom. The first-order valence-corrected chi connectivity index (χ1v) is 7.96. The number of quaternary nitrogens is 1. The maximum atomic E-state index is 11.0. The molecule has 23 heavy (non-hydrogen) atoms. The van der Waals surface area contributed by atoms with Crippen molar-refractivity contribution >= 4 is 5.97 Å². The van der Waals surface area contributed by atoms with Gasteiger partial charge in [0.15, 0.2) is 0 Å². The van der Waals surface area contributed by atoms with Crippen LogP contribution >= 0.6 is 0 Å². The van der Waals surface area contributed by atoms with E-state index in [1.54, 1.807) is 0 Å². The zero-order chi connectivity index (χ0) is 16.5. The summed E-state index contributed by atoms with van der Waals surface area (Å²) in [6.07, 6.45) is 0.848. The second-order valence-electron chi connectivity index (χ2n) is 5.54. The number of hydrogen-bond acceptors (Lipinski definition) is 3. The van der Waals surface area contributed by atoms with Crippen molar-refractivity contribution in [2.75, 3.05) is 19.7 Å². The summed E-state index contributed by atoms with van der Waals surface area (Å²) in [5.74, 6) is -0.180. The molecular weight excluding hydrogens is 290 g/mol. The third-order valence-corrected chi connectivity index (χ3v) is 3.69. The first-order chi connectivity index (χ1) is 11.2. The van der Waals surface area contributed by atoms with E-state index in [-0.39, 0.29) is 6.54 Å². The predicted octanol–water partition coefficient (Wildman–Crippen LogP) is 0.463. The van der Waals surface area contributed by atoms with Crippen molar-refractivity contribution < 1.29 is 19.5 Å². The van der Waals surface area contributed by atoms with Gasteiger partial charge in [0.25, 0.3) is 0 Å². The van der Waals surface area contributed by atoms with Crippen LogP contribution in [0.15, 0.2) is 54.6 Å². The Morgan fingerprint density at radius 1 is 1.04 bits per heavy atom. The van der Waals surface area contributed by atoms with Crippen molar-refractivity contribution in [1.82, 2.24) is 0 Å². The van der Waals surface area contributed by atoms with E-state index in [4.69, 9.17) is 4.74 Å². The van der Waals surface area contributed by atoms with E-state index in [0.29, 0.717) is 13.2 Å². The minimum atomic E-state index is -1.01. The Labute approximate surface area is 137 Å². The van der Waals surface area contributed by atoms with Gasteiger partial charge in [-0.1, -0.05) is 30.3 Å². The van der Waals surface area contributed by atoms with Crippen LogP contribution in [0.4, 0.5) is 0 Å². The molecule has 4 nitrogen and oxygen atoms in total. The Bertz CT molecular complexity index is 596. The van der Waals surface area contributed by atoms with Gasteiger partial charge >= 0.3 is 0 Å². The van der Waals surface area contributed by atoms with Crippen molar-refractivity contribution in [2.24, 2.45) is 0 Å². The van der Waals surface area contributed by atoms with Crippen LogP contribution in [0.3, 0.4) is 0 Å². The number of benzene rings is 2. The average molecular weight is 313 g/mol. The zero-order valence-corrected chi connectivity index (χ0v) is 13.5. The molecule has 122 valence electrons. The number of carboxylic acids is 1. The predicted molar refractivity (Wildman–Crippen MR) is 87.2 cm³/mol. The topological polar surface area (TPSA) is 53.8 Å². The van der Waals surface area contributed by atoms with E-state index in [1.807, 2.05) is 49.4 Å². The number of aliphatic carboxylic acids is 1. The third kappa shape index (κ3) is 6.12. The zero-order valence-electron chi connectivity index (χ0n) is 13.5. The highest BCUT2D eigenvalue weighted by molar-refractivity contribution is 5.65. The van der Waals surface area contributed by atoms with Gasteiger partial charge in [0, 0.05) is 12.0 Å². The normalized spacial score (nSPS) is 11.9. The Balaban J connectivity index is 1.95. The first-order valence-electron chi connectivity index (χ1n) is 7.96. The Kier molecular flexibility index (Phi) is 6.63. The maximum Gasteiger partial charge on any atom is 0.119 e. The third-order valence-electron chi connectivity index (χ3n) is 3.69. The second-order valence-corrected chi connectivity index (χ2v) is 5.54. The maximum absolute atomic E-state index is 11.0. The second kappa shape index (κ2) is 8.96. The minimum absolute atomic E-state index is 0.0139. The van der Waals surface area contributed by atoms with Crippen molar-refractivity contribution in [1.29, 1.82) is 0 Å². The van der Waals surface area contributed by atoms with Gasteiger partial charge in [0.1, 0.15) is 18.8 Å². The molecule has 2 aromatic carbocycles. The van der Waals surface area contributed by atoms with Crippen LogP contribution in [-0.2, 0) is 17.8 Å². The molecule has 1 N–H and O–H groups in total. The summed E-state index contributed by atoms with van der Waals surface area (Å²) in [6.45, 7) is 4.01. The number of ether oxygens (including phenoxy) is 1. The molecule has 0 bridgehead atoms. The fourth-order valence-electron chi connectivity index (χ4n) is 2.57. The molecule has 4 heteroatoms. The number of hydrogen-bond donors (Lipinski definition) is 1. The first kappa shape index (κ1) is 17.0.